The molecule has 0 bridgehead atoms. The van der Waals surface area contributed by atoms with Crippen LogP contribution in [-0.2, 0) is 0 Å². The molecule has 2 aliphatic rings. The molecule has 0 aromatic heterocycles. The lowest BCUT2D eigenvalue weighted by Crippen LogP contribution is -2.26. The van der Waals surface area contributed by atoms with Crippen LogP contribution in [0.15, 0.2) is 58.5 Å². The van der Waals surface area contributed by atoms with Gasteiger partial charge in [-0.05, 0) is 24.3 Å². The van der Waals surface area contributed by atoms with Crippen LogP contribution in [-0.4, -0.2) is 23.0 Å². The fourth-order valence-corrected chi connectivity index (χ4v) is 2.44. The second-order valence-electron chi connectivity index (χ2n) is 4.61. The van der Waals surface area contributed by atoms with Crippen LogP contribution in [0.2, 0.25) is 0 Å². The number of rotatable bonds is 1. The van der Waals surface area contributed by atoms with Crippen LogP contribution in [0.4, 0.5) is 11.4 Å². The summed E-state index contributed by atoms with van der Waals surface area (Å²) in [5, 5.41) is 0. The highest BCUT2D eigenvalue weighted by molar-refractivity contribution is 6.86. The molecule has 4 nitrogen and oxygen atoms in total. The van der Waals surface area contributed by atoms with Gasteiger partial charge in [0.1, 0.15) is 11.4 Å². The van der Waals surface area contributed by atoms with E-state index < -0.39 is 0 Å². The third-order valence-electron chi connectivity index (χ3n) is 3.42. The van der Waals surface area contributed by atoms with Gasteiger partial charge in [-0.25, -0.2) is 9.98 Å². The molecular formula is C16H8N2O2. The molecule has 0 saturated carbocycles. The van der Waals surface area contributed by atoms with Gasteiger partial charge in [0.2, 0.25) is 11.6 Å². The summed E-state index contributed by atoms with van der Waals surface area (Å²) in [4.78, 5) is 33.2. The Balaban J connectivity index is 1.83. The summed E-state index contributed by atoms with van der Waals surface area (Å²) in [6, 6.07) is 14.1. The first-order chi connectivity index (χ1) is 9.75. The molecule has 0 N–H and O–H groups in total. The summed E-state index contributed by atoms with van der Waals surface area (Å²) in [5.41, 5.74) is 2.53. The Morgan fingerprint density at radius 2 is 1.00 bits per heavy atom. The number of aliphatic imine (C=N–C) groups is 2. The highest BCUT2D eigenvalue weighted by Crippen LogP contribution is 2.31. The lowest BCUT2D eigenvalue weighted by Gasteiger charge is -1.96. The van der Waals surface area contributed by atoms with Crippen molar-refractivity contribution in [3.8, 4) is 0 Å². The van der Waals surface area contributed by atoms with Crippen molar-refractivity contribution in [2.24, 2.45) is 9.98 Å². The Morgan fingerprint density at radius 1 is 0.600 bits per heavy atom. The lowest BCUT2D eigenvalue weighted by molar-refractivity contribution is 0.105. The highest BCUT2D eigenvalue weighted by atomic mass is 16.1. The summed E-state index contributed by atoms with van der Waals surface area (Å²) in [7, 11) is 0. The van der Waals surface area contributed by atoms with Crippen molar-refractivity contribution in [2.75, 3.05) is 0 Å². The van der Waals surface area contributed by atoms with Crippen molar-refractivity contribution >= 4 is 34.4 Å². The molecule has 2 heterocycles. The fourth-order valence-electron chi connectivity index (χ4n) is 2.44. The minimum atomic E-state index is -0.236. The zero-order chi connectivity index (χ0) is 13.7. The third-order valence-corrected chi connectivity index (χ3v) is 3.42. The topological polar surface area (TPSA) is 58.9 Å². The maximum atomic E-state index is 12.3. The summed E-state index contributed by atoms with van der Waals surface area (Å²) < 4.78 is 0. The average molecular weight is 260 g/mol. The van der Waals surface area contributed by atoms with E-state index in [1.54, 1.807) is 36.4 Å². The van der Waals surface area contributed by atoms with E-state index >= 15 is 0 Å². The first kappa shape index (κ1) is 11.0. The smallest absolute Gasteiger partial charge is 0.215 e. The van der Waals surface area contributed by atoms with Crippen LogP contribution in [0.3, 0.4) is 0 Å². The third kappa shape index (κ3) is 1.36. The molecule has 4 rings (SSSR count). The molecule has 0 fully saturated rings. The Kier molecular flexibility index (Phi) is 2.09. The van der Waals surface area contributed by atoms with E-state index in [4.69, 9.17) is 0 Å². The van der Waals surface area contributed by atoms with Gasteiger partial charge in [-0.2, -0.15) is 0 Å². The quantitative estimate of drug-likeness (QED) is 0.791. The maximum Gasteiger partial charge on any atom is 0.215 e. The minimum absolute atomic E-state index is 0.146. The normalized spacial score (nSPS) is 15.8. The molecule has 4 heteroatoms. The summed E-state index contributed by atoms with van der Waals surface area (Å²) >= 11 is 0. The fraction of sp³-hybridized carbons (Fsp3) is 0. The van der Waals surface area contributed by atoms with E-state index in [0.29, 0.717) is 22.5 Å². The molecule has 0 aliphatic carbocycles. The van der Waals surface area contributed by atoms with Crippen LogP contribution in [0.5, 0.6) is 0 Å². The summed E-state index contributed by atoms with van der Waals surface area (Å²) in [6.07, 6.45) is 0. The number of hydrogen-bond acceptors (Lipinski definition) is 4. The largest absolute Gasteiger partial charge is 0.287 e. The van der Waals surface area contributed by atoms with Gasteiger partial charge in [0.15, 0.2) is 0 Å². The molecule has 2 aromatic rings. The van der Waals surface area contributed by atoms with Crippen molar-refractivity contribution < 1.29 is 9.59 Å². The molecule has 0 radical (unpaired) electrons. The van der Waals surface area contributed by atoms with Crippen LogP contribution in [0.1, 0.15) is 20.7 Å². The van der Waals surface area contributed by atoms with E-state index in [1.807, 2.05) is 12.1 Å². The predicted octanol–water partition coefficient (Wildman–Crippen LogP) is 2.92. The van der Waals surface area contributed by atoms with Crippen molar-refractivity contribution in [3.05, 3.63) is 59.7 Å². The number of para-hydroxylation sites is 2. The van der Waals surface area contributed by atoms with E-state index in [-0.39, 0.29) is 23.0 Å². The summed E-state index contributed by atoms with van der Waals surface area (Å²) in [5.74, 6) is -0.471. The number of nitrogens with zero attached hydrogens (tertiary/aromatic N) is 2. The first-order valence-electron chi connectivity index (χ1n) is 6.21. The number of carbonyl (C=O) groups is 2. The standard InChI is InChI=1S/C16H8N2O2/c19-15-9-5-1-3-7-11(9)17-13(15)14-16(20)10-6-2-4-8-12(10)18-14/h1-8H. The zero-order valence-corrected chi connectivity index (χ0v) is 10.3. The summed E-state index contributed by atoms with van der Waals surface area (Å²) in [6.45, 7) is 0. The van der Waals surface area contributed by atoms with E-state index in [9.17, 15) is 9.59 Å². The SMILES string of the molecule is O=C1C(C2=Nc3ccccc3C2=O)=Nc2ccccc21. The van der Waals surface area contributed by atoms with E-state index in [1.165, 1.54) is 0 Å². The Hall–Kier alpha value is -2.88. The zero-order valence-electron chi connectivity index (χ0n) is 10.3. The van der Waals surface area contributed by atoms with Crippen molar-refractivity contribution in [1.29, 1.82) is 0 Å². The average Bonchev–Trinajstić information content (AvgIpc) is 2.98. The molecule has 0 atom stereocenters. The van der Waals surface area contributed by atoms with Crippen molar-refractivity contribution in [3.63, 3.8) is 0 Å². The Morgan fingerprint density at radius 3 is 1.40 bits per heavy atom. The minimum Gasteiger partial charge on any atom is -0.287 e. The highest BCUT2D eigenvalue weighted by Gasteiger charge is 2.35. The van der Waals surface area contributed by atoms with Gasteiger partial charge >= 0.3 is 0 Å². The van der Waals surface area contributed by atoms with Gasteiger partial charge in [-0.1, -0.05) is 24.3 Å². The Labute approximate surface area is 114 Å². The number of hydrogen-bond donors (Lipinski definition) is 0. The monoisotopic (exact) mass is 260 g/mol. The molecule has 0 saturated heterocycles. The van der Waals surface area contributed by atoms with Crippen LogP contribution in [0.25, 0.3) is 0 Å². The number of carbonyl (C=O) groups excluding carboxylic acids is 2. The van der Waals surface area contributed by atoms with Gasteiger partial charge in [0.05, 0.1) is 11.4 Å². The van der Waals surface area contributed by atoms with E-state index in [0.717, 1.165) is 0 Å². The van der Waals surface area contributed by atoms with Crippen LogP contribution < -0.4 is 0 Å². The molecule has 0 amide bonds. The second-order valence-corrected chi connectivity index (χ2v) is 4.61. The maximum absolute atomic E-state index is 12.3. The predicted molar refractivity (Wildman–Crippen MR) is 75.7 cm³/mol. The molecular weight excluding hydrogens is 252 g/mol. The lowest BCUT2D eigenvalue weighted by atomic mass is 10.0. The number of Topliss-reactive ketones (excluding diaryl/α,β-unsaturated/α-hetero) is 2. The molecule has 0 spiro atoms. The van der Waals surface area contributed by atoms with Gasteiger partial charge < -0.3 is 0 Å². The van der Waals surface area contributed by atoms with Gasteiger partial charge in [-0.3, -0.25) is 9.59 Å². The van der Waals surface area contributed by atoms with Crippen molar-refractivity contribution in [1.82, 2.24) is 0 Å². The molecule has 20 heavy (non-hydrogen) atoms. The van der Waals surface area contributed by atoms with Gasteiger partial charge in [0, 0.05) is 11.1 Å². The van der Waals surface area contributed by atoms with Gasteiger partial charge in [-0.15, -0.1) is 0 Å². The molecule has 2 aromatic carbocycles. The molecule has 0 unspecified atom stereocenters. The number of fused-ring (bicyclic) bond motifs is 2. The Bertz CT molecular complexity index is 776. The number of benzene rings is 2. The van der Waals surface area contributed by atoms with Crippen LogP contribution >= 0.6 is 0 Å². The molecule has 2 aliphatic heterocycles. The van der Waals surface area contributed by atoms with Crippen LogP contribution in [0, 0.1) is 0 Å². The van der Waals surface area contributed by atoms with E-state index in [2.05, 4.69) is 9.98 Å². The first-order valence-corrected chi connectivity index (χ1v) is 6.21. The van der Waals surface area contributed by atoms with Gasteiger partial charge in [0.25, 0.3) is 0 Å². The molecule has 94 valence electrons. The number of ketones is 2. The van der Waals surface area contributed by atoms with Crippen molar-refractivity contribution in [2.45, 2.75) is 0 Å². The second kappa shape index (κ2) is 3.81.